The number of hydrogen-bond donors (Lipinski definition) is 4. The number of carbonyl (C=O) groups is 1. The first kappa shape index (κ1) is 24.3. The van der Waals surface area contributed by atoms with Crippen LogP contribution in [0.3, 0.4) is 0 Å². The molecular formula is C21H25FO7. The molecule has 3 atom stereocenters. The highest BCUT2D eigenvalue weighted by Gasteiger charge is 2.13. The summed E-state index contributed by atoms with van der Waals surface area (Å²) in [5, 5.41) is 37.4. The van der Waals surface area contributed by atoms with Crippen LogP contribution in [0.1, 0.15) is 0 Å². The molecular weight excluding hydrogens is 383 g/mol. The molecule has 0 saturated carbocycles. The van der Waals surface area contributed by atoms with Gasteiger partial charge in [-0.05, 0) is 24.3 Å². The summed E-state index contributed by atoms with van der Waals surface area (Å²) in [6.07, 6.45) is 9.43. The Morgan fingerprint density at radius 2 is 1.52 bits per heavy atom. The van der Waals surface area contributed by atoms with Gasteiger partial charge in [0.05, 0.1) is 6.61 Å². The van der Waals surface area contributed by atoms with Crippen LogP contribution in [-0.4, -0.2) is 64.5 Å². The largest absolute Gasteiger partial charge is 0.491 e. The predicted octanol–water partition coefficient (Wildman–Crippen LogP) is 1.61. The minimum absolute atomic E-state index is 0.0327. The topological polar surface area (TPSA) is 116 Å². The summed E-state index contributed by atoms with van der Waals surface area (Å²) >= 11 is 0. The van der Waals surface area contributed by atoms with E-state index in [1.54, 1.807) is 30.4 Å². The molecule has 0 radical (unpaired) electrons. The molecule has 158 valence electrons. The summed E-state index contributed by atoms with van der Waals surface area (Å²) in [6, 6.07) is 5.49. The molecule has 0 saturated heterocycles. The van der Waals surface area contributed by atoms with E-state index in [0.29, 0.717) is 5.75 Å². The zero-order chi connectivity index (χ0) is 21.5. The van der Waals surface area contributed by atoms with Gasteiger partial charge in [0.2, 0.25) is 0 Å². The second-order valence-corrected chi connectivity index (χ2v) is 5.84. The van der Waals surface area contributed by atoms with E-state index in [1.807, 2.05) is 0 Å². The second-order valence-electron chi connectivity index (χ2n) is 5.84. The summed E-state index contributed by atoms with van der Waals surface area (Å²) in [6.45, 7) is -0.802. The van der Waals surface area contributed by atoms with Gasteiger partial charge >= 0.3 is 5.97 Å². The summed E-state index contributed by atoms with van der Waals surface area (Å²) in [5.74, 6) is -1.05. The molecule has 1 aromatic rings. The van der Waals surface area contributed by atoms with Crippen molar-refractivity contribution in [3.05, 3.63) is 78.7 Å². The smallest absolute Gasteiger partial charge is 0.329 e. The molecule has 4 N–H and O–H groups in total. The fourth-order valence-corrected chi connectivity index (χ4v) is 1.89. The second kappa shape index (κ2) is 14.3. The lowest BCUT2D eigenvalue weighted by Gasteiger charge is -2.13. The van der Waals surface area contributed by atoms with Gasteiger partial charge in [-0.1, -0.05) is 48.6 Å². The van der Waals surface area contributed by atoms with Gasteiger partial charge in [-0.25, -0.2) is 9.18 Å². The van der Waals surface area contributed by atoms with Crippen molar-refractivity contribution >= 4 is 5.97 Å². The number of hydrogen-bond acceptors (Lipinski definition) is 6. The van der Waals surface area contributed by atoms with E-state index in [9.17, 15) is 24.5 Å². The Bertz CT molecular complexity index is 710. The number of halogens is 1. The van der Waals surface area contributed by atoms with Crippen LogP contribution in [0.4, 0.5) is 4.39 Å². The molecule has 0 bridgehead atoms. The van der Waals surface area contributed by atoms with Gasteiger partial charge in [0.25, 0.3) is 0 Å². The van der Waals surface area contributed by atoms with Crippen LogP contribution in [0.2, 0.25) is 0 Å². The lowest BCUT2D eigenvalue weighted by molar-refractivity contribution is -0.143. The van der Waals surface area contributed by atoms with Crippen molar-refractivity contribution in [1.82, 2.24) is 0 Å². The number of aliphatic hydroxyl groups excluding tert-OH is 3. The van der Waals surface area contributed by atoms with Gasteiger partial charge in [-0.15, -0.1) is 0 Å². The monoisotopic (exact) mass is 408 g/mol. The van der Waals surface area contributed by atoms with E-state index in [4.69, 9.17) is 14.6 Å². The van der Waals surface area contributed by atoms with Crippen molar-refractivity contribution in [3.8, 4) is 5.75 Å². The lowest BCUT2D eigenvalue weighted by Crippen LogP contribution is -2.29. The number of rotatable bonds is 13. The zero-order valence-electron chi connectivity index (χ0n) is 15.7. The Morgan fingerprint density at radius 3 is 2.14 bits per heavy atom. The third kappa shape index (κ3) is 12.3. The summed E-state index contributed by atoms with van der Waals surface area (Å²) in [7, 11) is 0. The molecule has 1 aromatic carbocycles. The first-order valence-corrected chi connectivity index (χ1v) is 8.79. The minimum atomic E-state index is -1.23. The standard InChI is InChI=1S/C21H25FO7/c22-16-9-11-18(12-10-16)29-13-17(23)7-5-3-1-2-4-6-8-19(24)20(25)14-28-15-21(26)27/h1-12,17,19-20,23-25H,13-15H2,(H,26,27)/b3-1-,4-2+,7-5+,8-6+/t17-,19+,20-/m0/s1. The first-order chi connectivity index (χ1) is 13.9. The van der Waals surface area contributed by atoms with E-state index < -0.39 is 30.9 Å². The molecule has 0 aliphatic carbocycles. The van der Waals surface area contributed by atoms with Crippen LogP contribution >= 0.6 is 0 Å². The molecule has 29 heavy (non-hydrogen) atoms. The van der Waals surface area contributed by atoms with E-state index in [2.05, 4.69) is 0 Å². The predicted molar refractivity (Wildman–Crippen MR) is 105 cm³/mol. The lowest BCUT2D eigenvalue weighted by atomic mass is 10.2. The van der Waals surface area contributed by atoms with Gasteiger partial charge in [0.1, 0.15) is 43.1 Å². The summed E-state index contributed by atoms with van der Waals surface area (Å²) < 4.78 is 22.8. The van der Waals surface area contributed by atoms with Crippen LogP contribution in [0, 0.1) is 5.82 Å². The molecule has 0 aliphatic heterocycles. The van der Waals surface area contributed by atoms with Crippen molar-refractivity contribution < 1.29 is 39.1 Å². The van der Waals surface area contributed by atoms with Crippen molar-refractivity contribution in [3.63, 3.8) is 0 Å². The van der Waals surface area contributed by atoms with Crippen LogP contribution in [0.25, 0.3) is 0 Å². The summed E-state index contributed by atoms with van der Waals surface area (Å²) in [5.41, 5.74) is 0. The molecule has 0 unspecified atom stereocenters. The molecule has 1 rings (SSSR count). The Balaban J connectivity index is 2.24. The van der Waals surface area contributed by atoms with Crippen LogP contribution in [0.15, 0.2) is 72.9 Å². The quantitative estimate of drug-likeness (QED) is 0.367. The zero-order valence-corrected chi connectivity index (χ0v) is 15.7. The fourth-order valence-electron chi connectivity index (χ4n) is 1.89. The number of aliphatic hydroxyl groups is 3. The first-order valence-electron chi connectivity index (χ1n) is 8.79. The van der Waals surface area contributed by atoms with Gasteiger partial charge in [0, 0.05) is 0 Å². The van der Waals surface area contributed by atoms with Gasteiger partial charge < -0.3 is 29.9 Å². The highest BCUT2D eigenvalue weighted by molar-refractivity contribution is 5.67. The number of carboxylic acids is 1. The summed E-state index contributed by atoms with van der Waals surface area (Å²) in [4.78, 5) is 10.3. The van der Waals surface area contributed by atoms with E-state index in [1.165, 1.54) is 42.5 Å². The minimum Gasteiger partial charge on any atom is -0.491 e. The normalized spacial score (nSPS) is 15.4. The highest BCUT2D eigenvalue weighted by Crippen LogP contribution is 2.11. The van der Waals surface area contributed by atoms with E-state index in [-0.39, 0.29) is 19.0 Å². The highest BCUT2D eigenvalue weighted by atomic mass is 19.1. The number of allylic oxidation sites excluding steroid dienone is 6. The number of benzene rings is 1. The number of ether oxygens (including phenoxy) is 2. The molecule has 0 heterocycles. The van der Waals surface area contributed by atoms with Gasteiger partial charge in [-0.3, -0.25) is 0 Å². The maximum Gasteiger partial charge on any atom is 0.329 e. The Kier molecular flexibility index (Phi) is 11.9. The van der Waals surface area contributed by atoms with E-state index >= 15 is 0 Å². The Labute approximate surface area is 168 Å². The van der Waals surface area contributed by atoms with Crippen LogP contribution < -0.4 is 4.74 Å². The van der Waals surface area contributed by atoms with Crippen molar-refractivity contribution in [1.29, 1.82) is 0 Å². The maximum atomic E-state index is 12.8. The number of aliphatic carboxylic acids is 1. The van der Waals surface area contributed by atoms with Gasteiger partial charge in [-0.2, -0.15) is 0 Å². The van der Waals surface area contributed by atoms with Crippen molar-refractivity contribution in [2.75, 3.05) is 19.8 Å². The molecule has 0 amide bonds. The fraction of sp³-hybridized carbons (Fsp3) is 0.286. The molecule has 0 fully saturated rings. The maximum absolute atomic E-state index is 12.8. The molecule has 0 aromatic heterocycles. The molecule has 8 heteroatoms. The molecule has 0 aliphatic rings. The van der Waals surface area contributed by atoms with Crippen molar-refractivity contribution in [2.45, 2.75) is 18.3 Å². The third-order valence-electron chi connectivity index (χ3n) is 3.34. The Hall–Kier alpha value is -2.78. The average Bonchev–Trinajstić information content (AvgIpc) is 2.69. The molecule has 7 nitrogen and oxygen atoms in total. The van der Waals surface area contributed by atoms with Crippen LogP contribution in [0.5, 0.6) is 5.75 Å². The SMILES string of the molecule is O=C(O)COC[C@H](O)[C@H](O)/C=C/C=C/C=C\C=C\[C@H](O)COc1ccc(F)cc1. The molecule has 0 spiro atoms. The Morgan fingerprint density at radius 1 is 0.931 bits per heavy atom. The third-order valence-corrected chi connectivity index (χ3v) is 3.34. The van der Waals surface area contributed by atoms with Crippen LogP contribution in [-0.2, 0) is 9.53 Å². The average molecular weight is 408 g/mol. The number of carboxylic acid groups (broad SMARTS) is 1. The van der Waals surface area contributed by atoms with E-state index in [0.717, 1.165) is 0 Å². The van der Waals surface area contributed by atoms with Crippen molar-refractivity contribution in [2.24, 2.45) is 0 Å². The van der Waals surface area contributed by atoms with Gasteiger partial charge in [0.15, 0.2) is 0 Å².